The van der Waals surface area contributed by atoms with E-state index in [0.717, 1.165) is 42.8 Å². The molecule has 0 radical (unpaired) electrons. The molecule has 0 aliphatic carbocycles. The molecular formula is C20H24FN3O. The lowest BCUT2D eigenvalue weighted by Crippen LogP contribution is -2.36. The van der Waals surface area contributed by atoms with Crippen LogP contribution in [0.3, 0.4) is 0 Å². The highest BCUT2D eigenvalue weighted by atomic mass is 19.1. The number of aryl methyl sites for hydroxylation is 2. The van der Waals surface area contributed by atoms with E-state index in [2.05, 4.69) is 15.2 Å². The quantitative estimate of drug-likeness (QED) is 0.906. The van der Waals surface area contributed by atoms with E-state index < -0.39 is 0 Å². The zero-order valence-electron chi connectivity index (χ0n) is 14.8. The maximum Gasteiger partial charge on any atom is 0.252 e. The van der Waals surface area contributed by atoms with Gasteiger partial charge in [0.05, 0.1) is 11.6 Å². The fourth-order valence-corrected chi connectivity index (χ4v) is 3.25. The largest absolute Gasteiger partial charge is 0.350 e. The minimum absolute atomic E-state index is 0.0616. The molecule has 1 fully saturated rings. The van der Waals surface area contributed by atoms with Crippen molar-refractivity contribution in [2.24, 2.45) is 0 Å². The summed E-state index contributed by atoms with van der Waals surface area (Å²) in [5.41, 5.74) is 3.53. The van der Waals surface area contributed by atoms with Crippen molar-refractivity contribution in [3.8, 4) is 0 Å². The van der Waals surface area contributed by atoms with Crippen molar-refractivity contribution in [1.82, 2.24) is 15.2 Å². The van der Waals surface area contributed by atoms with Gasteiger partial charge in [-0.2, -0.15) is 0 Å². The number of hydrogen-bond donors (Lipinski definition) is 1. The van der Waals surface area contributed by atoms with Crippen LogP contribution in [0.1, 0.15) is 46.1 Å². The maximum absolute atomic E-state index is 13.2. The van der Waals surface area contributed by atoms with Crippen LogP contribution < -0.4 is 5.32 Å². The predicted molar refractivity (Wildman–Crippen MR) is 96.0 cm³/mol. The first kappa shape index (κ1) is 17.5. The second-order valence-electron chi connectivity index (χ2n) is 6.65. The number of carbonyl (C=O) groups is 1. The molecule has 2 aromatic rings. The van der Waals surface area contributed by atoms with Crippen molar-refractivity contribution in [3.63, 3.8) is 0 Å². The van der Waals surface area contributed by atoms with Crippen molar-refractivity contribution in [3.05, 3.63) is 64.7 Å². The molecule has 1 aliphatic rings. The summed E-state index contributed by atoms with van der Waals surface area (Å²) in [6.45, 7) is 6.38. The van der Waals surface area contributed by atoms with Gasteiger partial charge in [-0.25, -0.2) is 4.39 Å². The molecule has 1 aliphatic heterocycles. The summed E-state index contributed by atoms with van der Waals surface area (Å²) in [4.78, 5) is 19.1. The molecule has 1 saturated heterocycles. The summed E-state index contributed by atoms with van der Waals surface area (Å²) in [6, 6.07) is 8.50. The van der Waals surface area contributed by atoms with E-state index in [1.165, 1.54) is 12.1 Å². The van der Waals surface area contributed by atoms with E-state index in [1.807, 2.05) is 32.0 Å². The molecule has 1 aromatic carbocycles. The number of amides is 1. The zero-order valence-corrected chi connectivity index (χ0v) is 14.8. The van der Waals surface area contributed by atoms with Gasteiger partial charge in [0, 0.05) is 18.4 Å². The van der Waals surface area contributed by atoms with Crippen LogP contribution in [0, 0.1) is 19.7 Å². The Bertz CT molecular complexity index is 739. The van der Waals surface area contributed by atoms with Crippen LogP contribution in [-0.4, -0.2) is 35.4 Å². The molecule has 1 atom stereocenters. The Hall–Kier alpha value is -2.27. The first-order valence-corrected chi connectivity index (χ1v) is 8.75. The smallest absolute Gasteiger partial charge is 0.252 e. The van der Waals surface area contributed by atoms with Gasteiger partial charge in [0.25, 0.3) is 5.91 Å². The normalized spacial score (nSPS) is 16.0. The highest BCUT2D eigenvalue weighted by Gasteiger charge is 2.24. The fourth-order valence-electron chi connectivity index (χ4n) is 3.25. The van der Waals surface area contributed by atoms with E-state index in [1.54, 1.807) is 6.20 Å². The van der Waals surface area contributed by atoms with Crippen molar-refractivity contribution in [2.45, 2.75) is 32.7 Å². The van der Waals surface area contributed by atoms with Gasteiger partial charge in [0.2, 0.25) is 0 Å². The molecule has 5 heteroatoms. The predicted octanol–water partition coefficient (Wildman–Crippen LogP) is 3.40. The van der Waals surface area contributed by atoms with Crippen molar-refractivity contribution in [2.75, 3.05) is 19.6 Å². The van der Waals surface area contributed by atoms with E-state index in [0.29, 0.717) is 12.1 Å². The number of halogens is 1. The number of benzene rings is 1. The number of nitrogens with one attached hydrogen (secondary N) is 1. The number of hydrogen-bond acceptors (Lipinski definition) is 3. The highest BCUT2D eigenvalue weighted by Crippen LogP contribution is 2.25. The highest BCUT2D eigenvalue weighted by molar-refractivity contribution is 5.94. The molecule has 0 unspecified atom stereocenters. The Morgan fingerprint density at radius 2 is 1.92 bits per heavy atom. The summed E-state index contributed by atoms with van der Waals surface area (Å²) in [6.07, 6.45) is 3.93. The van der Waals surface area contributed by atoms with E-state index in [9.17, 15) is 9.18 Å². The van der Waals surface area contributed by atoms with Gasteiger partial charge in [-0.3, -0.25) is 14.7 Å². The first-order chi connectivity index (χ1) is 12.0. The maximum atomic E-state index is 13.2. The molecule has 0 spiro atoms. The first-order valence-electron chi connectivity index (χ1n) is 8.75. The number of pyridine rings is 1. The van der Waals surface area contributed by atoms with Gasteiger partial charge in [-0.1, -0.05) is 12.1 Å². The Morgan fingerprint density at radius 3 is 2.56 bits per heavy atom. The minimum atomic E-state index is -0.242. The number of carbonyl (C=O) groups excluding carboxylic acids is 1. The lowest BCUT2D eigenvalue weighted by Gasteiger charge is -2.28. The molecule has 2 heterocycles. The van der Waals surface area contributed by atoms with Crippen molar-refractivity contribution >= 4 is 5.91 Å². The van der Waals surface area contributed by atoms with Gasteiger partial charge in [-0.15, -0.1) is 0 Å². The van der Waals surface area contributed by atoms with Gasteiger partial charge in [-0.05, 0) is 69.1 Å². The minimum Gasteiger partial charge on any atom is -0.350 e. The second kappa shape index (κ2) is 7.74. The van der Waals surface area contributed by atoms with Crippen LogP contribution in [0.4, 0.5) is 4.39 Å². The lowest BCUT2D eigenvalue weighted by atomic mass is 10.0. The topological polar surface area (TPSA) is 45.2 Å². The number of nitrogens with zero attached hydrogens (tertiary/aromatic N) is 2. The van der Waals surface area contributed by atoms with Crippen LogP contribution in [0.2, 0.25) is 0 Å². The van der Waals surface area contributed by atoms with Gasteiger partial charge in [0.1, 0.15) is 5.82 Å². The van der Waals surface area contributed by atoms with Crippen molar-refractivity contribution < 1.29 is 9.18 Å². The Balaban J connectivity index is 1.72. The number of aromatic nitrogens is 1. The van der Waals surface area contributed by atoms with Gasteiger partial charge < -0.3 is 5.32 Å². The van der Waals surface area contributed by atoms with Crippen LogP contribution in [-0.2, 0) is 0 Å². The monoisotopic (exact) mass is 341 g/mol. The lowest BCUT2D eigenvalue weighted by molar-refractivity contribution is 0.0937. The second-order valence-corrected chi connectivity index (χ2v) is 6.65. The Labute approximate surface area is 148 Å². The zero-order chi connectivity index (χ0) is 17.8. The summed E-state index contributed by atoms with van der Waals surface area (Å²) in [5.74, 6) is -0.365. The average Bonchev–Trinajstić information content (AvgIpc) is 3.13. The van der Waals surface area contributed by atoms with Crippen LogP contribution in [0.15, 0.2) is 36.5 Å². The molecule has 0 bridgehead atoms. The summed E-state index contributed by atoms with van der Waals surface area (Å²) < 4.78 is 13.2. The van der Waals surface area contributed by atoms with Crippen molar-refractivity contribution in [1.29, 1.82) is 0 Å². The van der Waals surface area contributed by atoms with Crippen LogP contribution in [0.5, 0.6) is 0 Å². The summed E-state index contributed by atoms with van der Waals surface area (Å²) in [7, 11) is 0. The summed E-state index contributed by atoms with van der Waals surface area (Å²) >= 11 is 0. The Morgan fingerprint density at radius 1 is 1.24 bits per heavy atom. The third-order valence-electron chi connectivity index (χ3n) is 4.89. The SMILES string of the molecule is Cc1cc(C(=O)NC[C@H](c2ccc(F)cc2)N2CCCC2)cnc1C. The average molecular weight is 341 g/mol. The van der Waals surface area contributed by atoms with E-state index in [4.69, 9.17) is 0 Å². The van der Waals surface area contributed by atoms with E-state index >= 15 is 0 Å². The molecule has 3 rings (SSSR count). The molecule has 1 aromatic heterocycles. The third kappa shape index (κ3) is 4.23. The number of likely N-dealkylation sites (tertiary alicyclic amines) is 1. The molecule has 4 nitrogen and oxygen atoms in total. The molecular weight excluding hydrogens is 317 g/mol. The van der Waals surface area contributed by atoms with Gasteiger partial charge >= 0.3 is 0 Å². The van der Waals surface area contributed by atoms with Gasteiger partial charge in [0.15, 0.2) is 0 Å². The van der Waals surface area contributed by atoms with E-state index in [-0.39, 0.29) is 17.8 Å². The molecule has 25 heavy (non-hydrogen) atoms. The number of rotatable bonds is 5. The Kier molecular flexibility index (Phi) is 5.43. The van der Waals surface area contributed by atoms with Crippen LogP contribution in [0.25, 0.3) is 0 Å². The fraction of sp³-hybridized carbons (Fsp3) is 0.400. The third-order valence-corrected chi connectivity index (χ3v) is 4.89. The summed E-state index contributed by atoms with van der Waals surface area (Å²) in [5, 5.41) is 3.02. The molecule has 1 N–H and O–H groups in total. The molecule has 0 saturated carbocycles. The van der Waals surface area contributed by atoms with Crippen LogP contribution >= 0.6 is 0 Å². The molecule has 1 amide bonds. The molecule has 132 valence electrons. The standard InChI is InChI=1S/C20H24FN3O/c1-14-11-17(12-22-15(14)2)20(25)23-13-19(24-9-3-4-10-24)16-5-7-18(21)8-6-16/h5-8,11-12,19H,3-4,9-10,13H2,1-2H3,(H,23,25)/t19-/m1/s1.